The van der Waals surface area contributed by atoms with Crippen molar-refractivity contribution in [3.63, 3.8) is 0 Å². The Morgan fingerprint density at radius 3 is 2.18 bits per heavy atom. The molecular formula is C10H16N. The Kier molecular flexibility index (Phi) is 3.42. The molecule has 1 radical (unpaired) electrons. The zero-order chi connectivity index (χ0) is 8.10. The summed E-state index contributed by atoms with van der Waals surface area (Å²) in [5.41, 5.74) is 0. The van der Waals surface area contributed by atoms with E-state index in [4.69, 9.17) is 5.26 Å². The van der Waals surface area contributed by atoms with Crippen molar-refractivity contribution in [3.8, 4) is 6.07 Å². The molecule has 1 aliphatic rings. The maximum absolute atomic E-state index is 8.69. The molecule has 0 heterocycles. The fourth-order valence-corrected chi connectivity index (χ4v) is 1.80. The topological polar surface area (TPSA) is 23.8 Å². The summed E-state index contributed by atoms with van der Waals surface area (Å²) in [4.78, 5) is 0. The number of nitriles is 1. The summed E-state index contributed by atoms with van der Waals surface area (Å²) in [5.74, 6) is 1.66. The standard InChI is InChI=1S/C10H16N/c1-9(8-11)10-6-4-2-3-5-7-10/h10H,2-7H2,1H3. The van der Waals surface area contributed by atoms with Crippen molar-refractivity contribution < 1.29 is 0 Å². The monoisotopic (exact) mass is 150 g/mol. The Hall–Kier alpha value is -0.510. The van der Waals surface area contributed by atoms with Gasteiger partial charge in [0.15, 0.2) is 0 Å². The van der Waals surface area contributed by atoms with Gasteiger partial charge in [0.1, 0.15) is 0 Å². The molecule has 0 spiro atoms. The summed E-state index contributed by atoms with van der Waals surface area (Å²) >= 11 is 0. The molecule has 11 heavy (non-hydrogen) atoms. The fourth-order valence-electron chi connectivity index (χ4n) is 1.80. The van der Waals surface area contributed by atoms with Crippen LogP contribution in [-0.2, 0) is 0 Å². The molecule has 0 aromatic rings. The molecule has 0 aliphatic heterocycles. The minimum atomic E-state index is 0.613. The molecule has 0 aromatic carbocycles. The van der Waals surface area contributed by atoms with Crippen molar-refractivity contribution in [3.05, 3.63) is 5.92 Å². The SMILES string of the molecule is C[C](C#N)C1CCCCCC1. The molecule has 1 nitrogen and oxygen atoms in total. The van der Waals surface area contributed by atoms with Gasteiger partial charge in [0.05, 0.1) is 12.0 Å². The highest BCUT2D eigenvalue weighted by atomic mass is 14.3. The Morgan fingerprint density at radius 1 is 1.18 bits per heavy atom. The van der Waals surface area contributed by atoms with E-state index in [1.165, 1.54) is 38.5 Å². The minimum Gasteiger partial charge on any atom is -0.198 e. The normalized spacial score (nSPS) is 21.2. The zero-order valence-corrected chi connectivity index (χ0v) is 7.27. The summed E-state index contributed by atoms with van der Waals surface area (Å²) in [6.07, 6.45) is 7.89. The second-order valence-corrected chi connectivity index (χ2v) is 3.48. The smallest absolute Gasteiger partial charge is 0.0759 e. The highest BCUT2D eigenvalue weighted by Crippen LogP contribution is 2.29. The zero-order valence-electron chi connectivity index (χ0n) is 7.27. The van der Waals surface area contributed by atoms with E-state index >= 15 is 0 Å². The van der Waals surface area contributed by atoms with Crippen LogP contribution in [0.15, 0.2) is 0 Å². The molecule has 61 valence electrons. The Bertz CT molecular complexity index is 137. The molecule has 0 aromatic heterocycles. The third-order valence-corrected chi connectivity index (χ3v) is 2.64. The summed E-state index contributed by atoms with van der Waals surface area (Å²) in [6, 6.07) is 2.28. The van der Waals surface area contributed by atoms with Crippen molar-refractivity contribution in [1.82, 2.24) is 0 Å². The Labute approximate surface area is 69.4 Å². The summed E-state index contributed by atoms with van der Waals surface area (Å²) in [5, 5.41) is 8.69. The molecule has 0 bridgehead atoms. The first-order chi connectivity index (χ1) is 5.34. The van der Waals surface area contributed by atoms with E-state index in [2.05, 4.69) is 6.07 Å². The van der Waals surface area contributed by atoms with E-state index in [1.54, 1.807) is 0 Å². The molecule has 0 unspecified atom stereocenters. The molecule has 0 saturated heterocycles. The second kappa shape index (κ2) is 4.38. The first-order valence-corrected chi connectivity index (χ1v) is 4.58. The molecule has 1 heteroatoms. The third-order valence-electron chi connectivity index (χ3n) is 2.64. The summed E-state index contributed by atoms with van der Waals surface area (Å²) < 4.78 is 0. The highest BCUT2D eigenvalue weighted by molar-refractivity contribution is 5.11. The van der Waals surface area contributed by atoms with Crippen LogP contribution in [0.5, 0.6) is 0 Å². The molecule has 1 aliphatic carbocycles. The first-order valence-electron chi connectivity index (χ1n) is 4.58. The van der Waals surface area contributed by atoms with Crippen LogP contribution in [0.2, 0.25) is 0 Å². The number of nitrogens with zero attached hydrogens (tertiary/aromatic N) is 1. The lowest BCUT2D eigenvalue weighted by atomic mass is 9.89. The van der Waals surface area contributed by atoms with Gasteiger partial charge in [0, 0.05) is 0 Å². The number of hydrogen-bond donors (Lipinski definition) is 0. The predicted octanol–water partition coefficient (Wildman–Crippen LogP) is 3.07. The van der Waals surface area contributed by atoms with Crippen molar-refractivity contribution in [2.24, 2.45) is 5.92 Å². The lowest BCUT2D eigenvalue weighted by Crippen LogP contribution is -2.06. The largest absolute Gasteiger partial charge is 0.198 e. The van der Waals surface area contributed by atoms with Gasteiger partial charge in [-0.3, -0.25) is 0 Å². The lowest BCUT2D eigenvalue weighted by molar-refractivity contribution is 0.497. The van der Waals surface area contributed by atoms with Crippen LogP contribution in [0.4, 0.5) is 0 Å². The van der Waals surface area contributed by atoms with Gasteiger partial charge < -0.3 is 0 Å². The molecule has 0 atom stereocenters. The average Bonchev–Trinajstić information content (AvgIpc) is 2.30. The van der Waals surface area contributed by atoms with Gasteiger partial charge >= 0.3 is 0 Å². The Morgan fingerprint density at radius 2 is 1.73 bits per heavy atom. The van der Waals surface area contributed by atoms with E-state index < -0.39 is 0 Å². The average molecular weight is 150 g/mol. The van der Waals surface area contributed by atoms with E-state index in [9.17, 15) is 0 Å². The van der Waals surface area contributed by atoms with E-state index in [1.807, 2.05) is 6.92 Å². The number of hydrogen-bond acceptors (Lipinski definition) is 1. The molecule has 1 rings (SSSR count). The predicted molar refractivity (Wildman–Crippen MR) is 45.7 cm³/mol. The van der Waals surface area contributed by atoms with Gasteiger partial charge in [0.2, 0.25) is 0 Å². The van der Waals surface area contributed by atoms with Crippen LogP contribution in [0.25, 0.3) is 0 Å². The highest BCUT2D eigenvalue weighted by Gasteiger charge is 2.18. The van der Waals surface area contributed by atoms with Crippen LogP contribution in [0.1, 0.15) is 45.4 Å². The van der Waals surface area contributed by atoms with Crippen molar-refractivity contribution in [2.45, 2.75) is 45.4 Å². The summed E-state index contributed by atoms with van der Waals surface area (Å²) in [7, 11) is 0. The quantitative estimate of drug-likeness (QED) is 0.527. The van der Waals surface area contributed by atoms with Gasteiger partial charge in [-0.1, -0.05) is 25.7 Å². The minimum absolute atomic E-state index is 0.613. The van der Waals surface area contributed by atoms with Crippen LogP contribution >= 0.6 is 0 Å². The molecule has 1 fully saturated rings. The van der Waals surface area contributed by atoms with Crippen molar-refractivity contribution in [1.29, 1.82) is 5.26 Å². The van der Waals surface area contributed by atoms with E-state index in [0.717, 1.165) is 5.92 Å². The second-order valence-electron chi connectivity index (χ2n) is 3.48. The van der Waals surface area contributed by atoms with Gasteiger partial charge in [-0.05, 0) is 25.7 Å². The van der Waals surface area contributed by atoms with Crippen LogP contribution < -0.4 is 0 Å². The molecule has 0 N–H and O–H groups in total. The maximum atomic E-state index is 8.69. The van der Waals surface area contributed by atoms with Crippen LogP contribution in [0, 0.1) is 23.2 Å². The van der Waals surface area contributed by atoms with E-state index in [0.29, 0.717) is 5.92 Å². The third kappa shape index (κ3) is 2.54. The van der Waals surface area contributed by atoms with Crippen molar-refractivity contribution >= 4 is 0 Å². The molecule has 1 saturated carbocycles. The lowest BCUT2D eigenvalue weighted by Gasteiger charge is -2.14. The van der Waals surface area contributed by atoms with Crippen LogP contribution in [0.3, 0.4) is 0 Å². The van der Waals surface area contributed by atoms with Gasteiger partial charge in [-0.25, -0.2) is 0 Å². The maximum Gasteiger partial charge on any atom is 0.0759 e. The van der Waals surface area contributed by atoms with E-state index in [-0.39, 0.29) is 0 Å². The first kappa shape index (κ1) is 8.59. The van der Waals surface area contributed by atoms with Crippen molar-refractivity contribution in [2.75, 3.05) is 0 Å². The molecular weight excluding hydrogens is 134 g/mol. The fraction of sp³-hybridized carbons (Fsp3) is 0.800. The van der Waals surface area contributed by atoms with Gasteiger partial charge in [-0.2, -0.15) is 5.26 Å². The number of rotatable bonds is 1. The van der Waals surface area contributed by atoms with Gasteiger partial charge in [0.25, 0.3) is 0 Å². The molecule has 0 amide bonds. The Balaban J connectivity index is 2.37. The van der Waals surface area contributed by atoms with Gasteiger partial charge in [-0.15, -0.1) is 0 Å². The van der Waals surface area contributed by atoms with Crippen LogP contribution in [-0.4, -0.2) is 0 Å². The summed E-state index contributed by atoms with van der Waals surface area (Å²) in [6.45, 7) is 1.98.